The van der Waals surface area contributed by atoms with Gasteiger partial charge in [0.15, 0.2) is 11.0 Å². The number of anilines is 1. The van der Waals surface area contributed by atoms with Crippen LogP contribution >= 0.6 is 41.7 Å². The van der Waals surface area contributed by atoms with E-state index in [0.717, 1.165) is 0 Å². The molecule has 0 aliphatic heterocycles. The van der Waals surface area contributed by atoms with Crippen molar-refractivity contribution in [2.75, 3.05) is 5.73 Å². The van der Waals surface area contributed by atoms with Crippen LogP contribution in [0.25, 0.3) is 0 Å². The van der Waals surface area contributed by atoms with E-state index in [9.17, 15) is 0 Å². The van der Waals surface area contributed by atoms with Crippen LogP contribution in [-0.2, 0) is 0 Å². The predicted octanol–water partition coefficient (Wildman–Crippen LogP) is 3.13. The molecule has 0 aliphatic rings. The summed E-state index contributed by atoms with van der Waals surface area (Å²) in [6, 6.07) is 1.59. The molecule has 1 aromatic rings. The second kappa shape index (κ2) is 8.15. The summed E-state index contributed by atoms with van der Waals surface area (Å²) >= 11 is 7.66. The van der Waals surface area contributed by atoms with Crippen molar-refractivity contribution in [3.63, 3.8) is 0 Å². The number of nitrogens with zero attached hydrogens (tertiary/aromatic N) is 2. The number of hydrogen-bond donors (Lipinski definition) is 1. The van der Waals surface area contributed by atoms with Gasteiger partial charge in [-0.2, -0.15) is 0 Å². The molecule has 1 rings (SSSR count). The molecule has 1 aromatic heterocycles. The van der Waals surface area contributed by atoms with Gasteiger partial charge in [0.2, 0.25) is 0 Å². The molecule has 0 saturated carbocycles. The van der Waals surface area contributed by atoms with Gasteiger partial charge in [-0.05, 0) is 20.3 Å². The lowest BCUT2D eigenvalue weighted by Crippen LogP contribution is -1.96. The summed E-state index contributed by atoms with van der Waals surface area (Å²) in [5.74, 6) is 3.10. The van der Waals surface area contributed by atoms with Crippen molar-refractivity contribution in [2.45, 2.75) is 13.8 Å². The summed E-state index contributed by atoms with van der Waals surface area (Å²) in [5, 5.41) is 10.3. The van der Waals surface area contributed by atoms with Crippen LogP contribution in [0.1, 0.15) is 19.4 Å². The maximum absolute atomic E-state index is 5.59. The molecule has 0 radical (unpaired) electrons. The molecule has 0 aliphatic carbocycles. The van der Waals surface area contributed by atoms with Crippen molar-refractivity contribution in [2.24, 2.45) is 0 Å². The first kappa shape index (κ1) is 13.8. The number of aromatic nitrogens is 2. The molecule has 0 aromatic carbocycles. The number of hydrogen-bond acceptors (Lipinski definition) is 4. The molecule has 0 saturated heterocycles. The molecule has 76 valence electrons. The van der Waals surface area contributed by atoms with E-state index >= 15 is 0 Å². The van der Waals surface area contributed by atoms with Gasteiger partial charge >= 0.3 is 0 Å². The monoisotopic (exact) mass is 341 g/mol. The normalized spacial score (nSPS) is 8.00. The zero-order chi connectivity index (χ0) is 11.0. The smallest absolute Gasteiger partial charge is 0.162 e. The number of rotatable bonds is 0. The summed E-state index contributed by atoms with van der Waals surface area (Å²) in [6.45, 7) is 4.00. The Morgan fingerprint density at radius 1 is 1.50 bits per heavy atom. The molecule has 3 nitrogen and oxygen atoms in total. The lowest BCUT2D eigenvalue weighted by molar-refractivity contribution is 1.04. The third-order valence-corrected chi connectivity index (χ3v) is 2.04. The van der Waals surface area contributed by atoms with E-state index in [2.05, 4.69) is 42.6 Å². The lowest BCUT2D eigenvalue weighted by atomic mass is 10.3. The molecular weight excluding hydrogens is 333 g/mol. The molecule has 0 bridgehead atoms. The molecule has 6 heteroatoms. The van der Waals surface area contributed by atoms with Crippen LogP contribution < -0.4 is 5.73 Å². The third-order valence-electron chi connectivity index (χ3n) is 1.02. The van der Waals surface area contributed by atoms with Gasteiger partial charge in [0, 0.05) is 21.2 Å². The van der Waals surface area contributed by atoms with Crippen LogP contribution in [0.3, 0.4) is 0 Å². The van der Waals surface area contributed by atoms with Gasteiger partial charge in [0.1, 0.15) is 0 Å². The molecule has 0 atom stereocenters. The van der Waals surface area contributed by atoms with Crippen LogP contribution in [0.2, 0.25) is 5.15 Å². The van der Waals surface area contributed by atoms with E-state index in [1.807, 2.05) is 13.8 Å². The highest BCUT2D eigenvalue weighted by molar-refractivity contribution is 14.2. The Morgan fingerprint density at radius 2 is 2.14 bits per heavy atom. The van der Waals surface area contributed by atoms with Crippen LogP contribution in [-0.4, -0.2) is 10.2 Å². The minimum atomic E-state index is 0.298. The molecule has 0 fully saturated rings. The minimum Gasteiger partial charge on any atom is -0.381 e. The number of nitrogens with two attached hydrogens (primary N) is 1. The molecule has 0 spiro atoms. The van der Waals surface area contributed by atoms with Gasteiger partial charge in [-0.1, -0.05) is 31.4 Å². The fourth-order valence-electron chi connectivity index (χ4n) is 0.552. The molecule has 0 unspecified atom stereocenters. The fourth-order valence-corrected chi connectivity index (χ4v) is 1.18. The van der Waals surface area contributed by atoms with Crippen LogP contribution in [0.4, 0.5) is 5.82 Å². The molecule has 14 heavy (non-hydrogen) atoms. The number of halogens is 2. The van der Waals surface area contributed by atoms with E-state index in [4.69, 9.17) is 17.3 Å². The summed E-state index contributed by atoms with van der Waals surface area (Å²) in [5.41, 5.74) is 6.09. The second-order valence-electron chi connectivity index (χ2n) is 1.77. The Labute approximate surface area is 105 Å². The predicted molar refractivity (Wildman–Crippen MR) is 71.3 cm³/mol. The third kappa shape index (κ3) is 4.88. The zero-order valence-corrected chi connectivity index (χ0v) is 11.4. The maximum atomic E-state index is 5.59. The molecule has 1 heterocycles. The van der Waals surface area contributed by atoms with Crippen molar-refractivity contribution >= 4 is 47.6 Å². The van der Waals surface area contributed by atoms with Crippen LogP contribution in [0, 0.1) is 11.2 Å². The molecule has 0 amide bonds. The van der Waals surface area contributed by atoms with Gasteiger partial charge in [0.05, 0.1) is 5.56 Å². The summed E-state index contributed by atoms with van der Waals surface area (Å²) in [7, 11) is 1.37. The van der Waals surface area contributed by atoms with Gasteiger partial charge in [0.25, 0.3) is 0 Å². The van der Waals surface area contributed by atoms with Gasteiger partial charge < -0.3 is 5.73 Å². The Hall–Kier alpha value is -0.190. The number of nitrogen functional groups attached to an aromatic ring is 1. The first-order valence-electron chi connectivity index (χ1n) is 3.81. The Bertz CT molecular complexity index is 348. The van der Waals surface area contributed by atoms with Crippen molar-refractivity contribution in [1.82, 2.24) is 10.2 Å². The Morgan fingerprint density at radius 3 is 2.71 bits per heavy atom. The highest BCUT2D eigenvalue weighted by atomic mass is 127. The minimum absolute atomic E-state index is 0.298. The summed E-state index contributed by atoms with van der Waals surface area (Å²) < 4.78 is 0. The average Bonchev–Trinajstić information content (AvgIpc) is 2.22. The van der Waals surface area contributed by atoms with E-state index in [1.54, 1.807) is 6.07 Å². The SMILES string of the molecule is CC.Nc1nnc(Cl)cc1C#CSI. The van der Waals surface area contributed by atoms with Gasteiger partial charge in [-0.15, -0.1) is 10.2 Å². The quantitative estimate of drug-likeness (QED) is 0.582. The van der Waals surface area contributed by atoms with Crippen LogP contribution in [0.5, 0.6) is 0 Å². The van der Waals surface area contributed by atoms with Crippen molar-refractivity contribution < 1.29 is 0 Å². The second-order valence-corrected chi connectivity index (χ2v) is 3.84. The van der Waals surface area contributed by atoms with Crippen LogP contribution in [0.15, 0.2) is 6.07 Å². The zero-order valence-electron chi connectivity index (χ0n) is 7.71. The van der Waals surface area contributed by atoms with Crippen molar-refractivity contribution in [3.8, 4) is 11.2 Å². The topological polar surface area (TPSA) is 51.8 Å². The maximum Gasteiger partial charge on any atom is 0.162 e. The van der Waals surface area contributed by atoms with Gasteiger partial charge in [-0.3, -0.25) is 0 Å². The first-order valence-corrected chi connectivity index (χ1v) is 7.55. The van der Waals surface area contributed by atoms with Crippen molar-refractivity contribution in [3.05, 3.63) is 16.8 Å². The van der Waals surface area contributed by atoms with Crippen molar-refractivity contribution in [1.29, 1.82) is 0 Å². The highest BCUT2D eigenvalue weighted by Gasteiger charge is 1.98. The highest BCUT2D eigenvalue weighted by Crippen LogP contribution is 2.12. The average molecular weight is 342 g/mol. The Balaban J connectivity index is 0.000000791. The largest absolute Gasteiger partial charge is 0.381 e. The summed E-state index contributed by atoms with van der Waals surface area (Å²) in [4.78, 5) is 0. The fraction of sp³-hybridized carbons (Fsp3) is 0.250. The van der Waals surface area contributed by atoms with E-state index in [1.165, 1.54) is 8.93 Å². The molecular formula is C8H9ClIN3S. The first-order chi connectivity index (χ1) is 6.74. The van der Waals surface area contributed by atoms with E-state index in [0.29, 0.717) is 16.5 Å². The van der Waals surface area contributed by atoms with E-state index in [-0.39, 0.29) is 0 Å². The lowest BCUT2D eigenvalue weighted by Gasteiger charge is -1.94. The Kier molecular flexibility index (Phi) is 8.04. The van der Waals surface area contributed by atoms with Gasteiger partial charge in [-0.25, -0.2) is 0 Å². The molecule has 2 N–H and O–H groups in total. The summed E-state index contributed by atoms with van der Waals surface area (Å²) in [6.07, 6.45) is 0. The van der Waals surface area contributed by atoms with E-state index < -0.39 is 0 Å². The standard InChI is InChI=1S/C6H3ClIN3S.C2H6/c7-5-3-4(1-2-12-8)6(9)11-10-5;1-2/h3H,(H2,9,11);1-2H3.